The maximum Gasteiger partial charge on any atom is 0.237 e. The number of nitrogens with one attached hydrogen (secondary N) is 2. The minimum absolute atomic E-state index is 0.0407. The third-order valence-electron chi connectivity index (χ3n) is 4.94. The molecule has 0 radical (unpaired) electrons. The van der Waals surface area contributed by atoms with Crippen molar-refractivity contribution in [3.05, 3.63) is 0 Å². The van der Waals surface area contributed by atoms with Crippen LogP contribution in [-0.2, 0) is 4.79 Å². The summed E-state index contributed by atoms with van der Waals surface area (Å²) in [6.07, 6.45) is 10.7. The van der Waals surface area contributed by atoms with Crippen LogP contribution < -0.4 is 10.6 Å². The van der Waals surface area contributed by atoms with Gasteiger partial charge in [0.05, 0.1) is 6.04 Å². The van der Waals surface area contributed by atoms with Crippen LogP contribution in [-0.4, -0.2) is 36.0 Å². The lowest BCUT2D eigenvalue weighted by Crippen LogP contribution is -2.51. The summed E-state index contributed by atoms with van der Waals surface area (Å²) in [7, 11) is 0. The lowest BCUT2D eigenvalue weighted by atomic mass is 9.90. The molecule has 2 atom stereocenters. The molecule has 1 saturated heterocycles. The van der Waals surface area contributed by atoms with Crippen LogP contribution in [0.4, 0.5) is 0 Å². The Kier molecular flexibility index (Phi) is 5.58. The zero-order valence-corrected chi connectivity index (χ0v) is 13.2. The van der Waals surface area contributed by atoms with E-state index < -0.39 is 0 Å². The highest BCUT2D eigenvalue weighted by molar-refractivity contribution is 8.00. The summed E-state index contributed by atoms with van der Waals surface area (Å²) in [5.41, 5.74) is 0. The standard InChI is InChI=1S/C15H28N2OS/c1-3-12-6-9-16-13(10-12)14(18)17-11-15(19-2)7-4-5-8-15/h12-13,16H,3-11H2,1-2H3,(H,17,18). The van der Waals surface area contributed by atoms with Crippen LogP contribution >= 0.6 is 11.8 Å². The van der Waals surface area contributed by atoms with Crippen LogP contribution in [0.15, 0.2) is 0 Å². The predicted molar refractivity (Wildman–Crippen MR) is 82.5 cm³/mol. The summed E-state index contributed by atoms with van der Waals surface area (Å²) in [6, 6.07) is 0.0407. The molecular weight excluding hydrogens is 256 g/mol. The quantitative estimate of drug-likeness (QED) is 0.815. The molecule has 0 aromatic heterocycles. The Balaban J connectivity index is 1.80. The van der Waals surface area contributed by atoms with E-state index in [4.69, 9.17) is 0 Å². The number of piperidine rings is 1. The highest BCUT2D eigenvalue weighted by Crippen LogP contribution is 2.39. The number of rotatable bonds is 5. The molecule has 0 aromatic carbocycles. The van der Waals surface area contributed by atoms with E-state index in [-0.39, 0.29) is 11.9 Å². The van der Waals surface area contributed by atoms with Gasteiger partial charge in [0.15, 0.2) is 0 Å². The molecule has 1 saturated carbocycles. The fourth-order valence-electron chi connectivity index (χ4n) is 3.41. The first-order valence-corrected chi connectivity index (χ1v) is 8.98. The van der Waals surface area contributed by atoms with Crippen LogP contribution in [0.3, 0.4) is 0 Å². The second kappa shape index (κ2) is 6.98. The monoisotopic (exact) mass is 284 g/mol. The van der Waals surface area contributed by atoms with Gasteiger partial charge in [-0.15, -0.1) is 0 Å². The van der Waals surface area contributed by atoms with E-state index in [1.807, 2.05) is 11.8 Å². The normalized spacial score (nSPS) is 30.2. The van der Waals surface area contributed by atoms with Crippen molar-refractivity contribution < 1.29 is 4.79 Å². The maximum absolute atomic E-state index is 12.3. The zero-order chi connectivity index (χ0) is 13.7. The Labute approximate surface area is 121 Å². The zero-order valence-electron chi connectivity index (χ0n) is 12.3. The van der Waals surface area contributed by atoms with Crippen molar-refractivity contribution in [3.8, 4) is 0 Å². The number of carbonyl (C=O) groups is 1. The molecule has 1 amide bonds. The lowest BCUT2D eigenvalue weighted by Gasteiger charge is -2.31. The highest BCUT2D eigenvalue weighted by Gasteiger charge is 2.34. The SMILES string of the molecule is CCC1CCNC(C(=O)NCC2(SC)CCCC2)C1. The predicted octanol–water partition coefficient (Wildman–Crippen LogP) is 2.56. The van der Waals surface area contributed by atoms with Gasteiger partial charge in [-0.25, -0.2) is 0 Å². The van der Waals surface area contributed by atoms with Crippen molar-refractivity contribution in [2.45, 2.75) is 62.7 Å². The van der Waals surface area contributed by atoms with Gasteiger partial charge in [0.2, 0.25) is 5.91 Å². The van der Waals surface area contributed by atoms with E-state index in [9.17, 15) is 4.79 Å². The van der Waals surface area contributed by atoms with E-state index in [0.29, 0.717) is 4.75 Å². The molecule has 2 fully saturated rings. The summed E-state index contributed by atoms with van der Waals surface area (Å²) in [5, 5.41) is 6.58. The van der Waals surface area contributed by atoms with E-state index in [0.717, 1.165) is 25.4 Å². The highest BCUT2D eigenvalue weighted by atomic mass is 32.2. The first kappa shape index (κ1) is 15.2. The van der Waals surface area contributed by atoms with Crippen molar-refractivity contribution >= 4 is 17.7 Å². The molecule has 1 aliphatic heterocycles. The lowest BCUT2D eigenvalue weighted by molar-refractivity contribution is -0.124. The number of hydrogen-bond donors (Lipinski definition) is 2. The summed E-state index contributed by atoms with van der Waals surface area (Å²) >= 11 is 1.94. The van der Waals surface area contributed by atoms with Gasteiger partial charge in [-0.05, 0) is 44.4 Å². The summed E-state index contributed by atoms with van der Waals surface area (Å²) < 4.78 is 0.314. The van der Waals surface area contributed by atoms with Gasteiger partial charge in [-0.3, -0.25) is 4.79 Å². The Bertz CT molecular complexity index is 303. The molecule has 19 heavy (non-hydrogen) atoms. The van der Waals surface area contributed by atoms with Crippen molar-refractivity contribution in [3.63, 3.8) is 0 Å². The average molecular weight is 284 g/mol. The maximum atomic E-state index is 12.3. The Morgan fingerprint density at radius 1 is 1.42 bits per heavy atom. The number of carbonyl (C=O) groups excluding carboxylic acids is 1. The second-order valence-corrected chi connectivity index (χ2v) is 7.39. The Hall–Kier alpha value is -0.220. The third-order valence-corrected chi connectivity index (χ3v) is 6.36. The van der Waals surface area contributed by atoms with Gasteiger partial charge in [0.25, 0.3) is 0 Å². The van der Waals surface area contributed by atoms with Crippen LogP contribution in [0.2, 0.25) is 0 Å². The van der Waals surface area contributed by atoms with Gasteiger partial charge in [0, 0.05) is 11.3 Å². The van der Waals surface area contributed by atoms with Gasteiger partial charge >= 0.3 is 0 Å². The summed E-state index contributed by atoms with van der Waals surface area (Å²) in [6.45, 7) is 4.07. The smallest absolute Gasteiger partial charge is 0.237 e. The van der Waals surface area contributed by atoms with Crippen LogP contribution in [0, 0.1) is 5.92 Å². The van der Waals surface area contributed by atoms with Crippen LogP contribution in [0.25, 0.3) is 0 Å². The van der Waals surface area contributed by atoms with Crippen LogP contribution in [0.5, 0.6) is 0 Å². The van der Waals surface area contributed by atoms with Gasteiger partial charge < -0.3 is 10.6 Å². The number of hydrogen-bond acceptors (Lipinski definition) is 3. The molecule has 3 nitrogen and oxygen atoms in total. The second-order valence-electron chi connectivity index (χ2n) is 6.12. The van der Waals surface area contributed by atoms with Crippen LogP contribution in [0.1, 0.15) is 51.9 Å². The van der Waals surface area contributed by atoms with Gasteiger partial charge in [-0.1, -0.05) is 26.2 Å². The topological polar surface area (TPSA) is 41.1 Å². The van der Waals surface area contributed by atoms with Gasteiger partial charge in [0.1, 0.15) is 0 Å². The molecule has 1 heterocycles. The molecule has 2 N–H and O–H groups in total. The number of amides is 1. The Morgan fingerprint density at radius 3 is 2.79 bits per heavy atom. The molecular formula is C15H28N2OS. The van der Waals surface area contributed by atoms with Crippen molar-refractivity contribution in [1.82, 2.24) is 10.6 Å². The molecule has 2 unspecified atom stereocenters. The molecule has 110 valence electrons. The molecule has 4 heteroatoms. The third kappa shape index (κ3) is 3.88. The first-order chi connectivity index (χ1) is 9.19. The van der Waals surface area contributed by atoms with Crippen molar-refractivity contribution in [2.24, 2.45) is 5.92 Å². The molecule has 2 aliphatic rings. The van der Waals surface area contributed by atoms with E-state index in [1.54, 1.807) is 0 Å². The average Bonchev–Trinajstić information content (AvgIpc) is 2.94. The van der Waals surface area contributed by atoms with Crippen molar-refractivity contribution in [2.75, 3.05) is 19.3 Å². The molecule has 0 spiro atoms. The fraction of sp³-hybridized carbons (Fsp3) is 0.933. The minimum atomic E-state index is 0.0407. The minimum Gasteiger partial charge on any atom is -0.353 e. The van der Waals surface area contributed by atoms with E-state index >= 15 is 0 Å². The van der Waals surface area contributed by atoms with Crippen molar-refractivity contribution in [1.29, 1.82) is 0 Å². The fourth-order valence-corrected chi connectivity index (χ4v) is 4.32. The van der Waals surface area contributed by atoms with E-state index in [1.165, 1.54) is 38.5 Å². The summed E-state index contributed by atoms with van der Waals surface area (Å²) in [5.74, 6) is 0.941. The molecule has 2 rings (SSSR count). The number of thioether (sulfide) groups is 1. The largest absolute Gasteiger partial charge is 0.353 e. The van der Waals surface area contributed by atoms with Gasteiger partial charge in [-0.2, -0.15) is 11.8 Å². The molecule has 0 aromatic rings. The molecule has 0 bridgehead atoms. The Morgan fingerprint density at radius 2 is 2.16 bits per heavy atom. The molecule has 1 aliphatic carbocycles. The first-order valence-electron chi connectivity index (χ1n) is 7.75. The van der Waals surface area contributed by atoms with E-state index in [2.05, 4.69) is 23.8 Å². The summed E-state index contributed by atoms with van der Waals surface area (Å²) in [4.78, 5) is 12.3.